The Morgan fingerprint density at radius 2 is 1.53 bits per heavy atom. The van der Waals surface area contributed by atoms with Crippen LogP contribution in [0.4, 0.5) is 4.39 Å². The number of hydrogen-bond donors (Lipinski definition) is 1. The molecule has 7 nitrogen and oxygen atoms in total. The Morgan fingerprint density at radius 3 is 2.14 bits per heavy atom. The molecule has 0 unspecified atom stereocenters. The summed E-state index contributed by atoms with van der Waals surface area (Å²) in [5.41, 5.74) is 5.22. The van der Waals surface area contributed by atoms with Crippen molar-refractivity contribution in [1.82, 2.24) is 15.2 Å². The van der Waals surface area contributed by atoms with Crippen molar-refractivity contribution in [3.63, 3.8) is 0 Å². The second-order valence-electron chi connectivity index (χ2n) is 10.5. The summed E-state index contributed by atoms with van der Waals surface area (Å²) in [5.74, 6) is 1.70. The molecule has 224 valence electrons. The molecule has 0 radical (unpaired) electrons. The molecule has 1 N–H and O–H groups in total. The fourth-order valence-corrected chi connectivity index (χ4v) is 5.50. The number of amides is 1. The van der Waals surface area contributed by atoms with Gasteiger partial charge in [0.2, 0.25) is 0 Å². The first-order chi connectivity index (χ1) is 21.0. The second kappa shape index (κ2) is 14.2. The van der Waals surface area contributed by atoms with E-state index < -0.39 is 0 Å². The van der Waals surface area contributed by atoms with Crippen molar-refractivity contribution in [2.75, 3.05) is 33.4 Å². The number of hydrogen-bond acceptors (Lipinski definition) is 6. The van der Waals surface area contributed by atoms with Crippen LogP contribution in [0.1, 0.15) is 42.6 Å². The van der Waals surface area contributed by atoms with Gasteiger partial charge < -0.3 is 19.5 Å². The molecule has 0 aliphatic carbocycles. The SMILES string of the molecule is CCOc1cc(CN2CCC(NC(=O)c3cc(OC)cc(-c4ccncc4)c3)CC2)cc(OCC)c1-c1ccc(F)cc1. The molecule has 3 aromatic carbocycles. The van der Waals surface area contributed by atoms with Crippen molar-refractivity contribution >= 4 is 5.91 Å². The van der Waals surface area contributed by atoms with Gasteiger partial charge in [0, 0.05) is 43.6 Å². The van der Waals surface area contributed by atoms with Crippen LogP contribution >= 0.6 is 0 Å². The Balaban J connectivity index is 1.25. The van der Waals surface area contributed by atoms with Crippen LogP contribution in [0, 0.1) is 5.82 Å². The van der Waals surface area contributed by atoms with Crippen molar-refractivity contribution in [2.24, 2.45) is 0 Å². The number of nitrogens with one attached hydrogen (secondary N) is 1. The number of pyridine rings is 1. The first-order valence-electron chi connectivity index (χ1n) is 14.8. The van der Waals surface area contributed by atoms with Crippen molar-refractivity contribution in [2.45, 2.75) is 39.3 Å². The van der Waals surface area contributed by atoms with E-state index in [9.17, 15) is 9.18 Å². The van der Waals surface area contributed by atoms with Crippen molar-refractivity contribution in [1.29, 1.82) is 0 Å². The number of carbonyl (C=O) groups is 1. The van der Waals surface area contributed by atoms with Gasteiger partial charge in [-0.1, -0.05) is 12.1 Å². The van der Waals surface area contributed by atoms with E-state index in [1.54, 1.807) is 37.7 Å². The van der Waals surface area contributed by atoms with Crippen LogP contribution in [0.2, 0.25) is 0 Å². The lowest BCUT2D eigenvalue weighted by atomic mass is 9.99. The molecular formula is C35H38FN3O4. The van der Waals surface area contributed by atoms with Crippen LogP contribution < -0.4 is 19.5 Å². The third-order valence-electron chi connectivity index (χ3n) is 7.61. The summed E-state index contributed by atoms with van der Waals surface area (Å²) in [4.78, 5) is 19.7. The molecule has 0 atom stereocenters. The minimum Gasteiger partial charge on any atom is -0.497 e. The number of halogens is 1. The number of benzene rings is 3. The Morgan fingerprint density at radius 1 is 0.884 bits per heavy atom. The number of carbonyl (C=O) groups excluding carboxylic acids is 1. The van der Waals surface area contributed by atoms with Gasteiger partial charge in [0.1, 0.15) is 23.1 Å². The van der Waals surface area contributed by atoms with Crippen LogP contribution in [0.25, 0.3) is 22.3 Å². The maximum atomic E-state index is 13.6. The lowest BCUT2D eigenvalue weighted by Gasteiger charge is -2.32. The van der Waals surface area contributed by atoms with E-state index in [0.29, 0.717) is 24.5 Å². The number of nitrogens with zero attached hydrogens (tertiary/aromatic N) is 2. The first kappa shape index (κ1) is 30.0. The minimum absolute atomic E-state index is 0.0816. The Bertz CT molecular complexity index is 1490. The lowest BCUT2D eigenvalue weighted by Crippen LogP contribution is -2.44. The van der Waals surface area contributed by atoms with Crippen LogP contribution in [0.3, 0.4) is 0 Å². The number of aromatic nitrogens is 1. The predicted octanol–water partition coefficient (Wildman–Crippen LogP) is 6.76. The largest absolute Gasteiger partial charge is 0.497 e. The molecule has 2 heterocycles. The fraction of sp³-hybridized carbons (Fsp3) is 0.314. The lowest BCUT2D eigenvalue weighted by molar-refractivity contribution is 0.0908. The number of likely N-dealkylation sites (tertiary alicyclic amines) is 1. The van der Waals surface area contributed by atoms with Crippen LogP contribution in [-0.4, -0.2) is 55.2 Å². The maximum Gasteiger partial charge on any atom is 0.251 e. The molecule has 0 bridgehead atoms. The molecule has 4 aromatic rings. The Kier molecular flexibility index (Phi) is 9.89. The highest BCUT2D eigenvalue weighted by Crippen LogP contribution is 2.40. The highest BCUT2D eigenvalue weighted by molar-refractivity contribution is 5.96. The fourth-order valence-electron chi connectivity index (χ4n) is 5.50. The van der Waals surface area contributed by atoms with Gasteiger partial charge in [-0.2, -0.15) is 0 Å². The van der Waals surface area contributed by atoms with Gasteiger partial charge in [-0.15, -0.1) is 0 Å². The number of piperidine rings is 1. The Labute approximate surface area is 252 Å². The minimum atomic E-state index is -0.283. The molecule has 1 saturated heterocycles. The van der Waals surface area contributed by atoms with E-state index in [0.717, 1.165) is 71.8 Å². The summed E-state index contributed by atoms with van der Waals surface area (Å²) < 4.78 is 31.2. The molecule has 43 heavy (non-hydrogen) atoms. The number of rotatable bonds is 11. The zero-order chi connectivity index (χ0) is 30.2. The summed E-state index contributed by atoms with van der Waals surface area (Å²) in [6.07, 6.45) is 5.16. The zero-order valence-corrected chi connectivity index (χ0v) is 24.9. The topological polar surface area (TPSA) is 72.9 Å². The number of methoxy groups -OCH3 is 1. The molecule has 1 aromatic heterocycles. The average molecular weight is 584 g/mol. The molecule has 1 fully saturated rings. The summed E-state index contributed by atoms with van der Waals surface area (Å²) in [6.45, 7) is 7.34. The molecule has 1 amide bonds. The van der Waals surface area contributed by atoms with Crippen molar-refractivity contribution < 1.29 is 23.4 Å². The monoisotopic (exact) mass is 583 g/mol. The van der Waals surface area contributed by atoms with Gasteiger partial charge in [0.05, 0.1) is 25.9 Å². The third kappa shape index (κ3) is 7.51. The molecule has 8 heteroatoms. The summed E-state index contributed by atoms with van der Waals surface area (Å²) in [6, 6.07) is 20.0. The Hall–Kier alpha value is -4.43. The normalized spacial score (nSPS) is 13.9. The second-order valence-corrected chi connectivity index (χ2v) is 10.5. The molecule has 0 spiro atoms. The molecule has 1 aliphatic heterocycles. The molecular weight excluding hydrogens is 545 g/mol. The maximum absolute atomic E-state index is 13.6. The summed E-state index contributed by atoms with van der Waals surface area (Å²) >= 11 is 0. The van der Waals surface area contributed by atoms with Gasteiger partial charge in [-0.25, -0.2) is 4.39 Å². The summed E-state index contributed by atoms with van der Waals surface area (Å²) in [7, 11) is 1.61. The van der Waals surface area contributed by atoms with Gasteiger partial charge >= 0.3 is 0 Å². The van der Waals surface area contributed by atoms with E-state index in [1.807, 2.05) is 38.1 Å². The molecule has 1 aliphatic rings. The summed E-state index contributed by atoms with van der Waals surface area (Å²) in [5, 5.41) is 3.23. The van der Waals surface area contributed by atoms with Gasteiger partial charge in [0.15, 0.2) is 0 Å². The predicted molar refractivity (Wildman–Crippen MR) is 166 cm³/mol. The van der Waals surface area contributed by atoms with Gasteiger partial charge in [-0.3, -0.25) is 14.7 Å². The van der Waals surface area contributed by atoms with E-state index >= 15 is 0 Å². The highest BCUT2D eigenvalue weighted by atomic mass is 19.1. The third-order valence-corrected chi connectivity index (χ3v) is 7.61. The van der Waals surface area contributed by atoms with Gasteiger partial charge in [0.25, 0.3) is 5.91 Å². The number of ether oxygens (including phenoxy) is 3. The van der Waals surface area contributed by atoms with Crippen LogP contribution in [-0.2, 0) is 6.54 Å². The highest BCUT2D eigenvalue weighted by Gasteiger charge is 2.23. The van der Waals surface area contributed by atoms with Crippen LogP contribution in [0.5, 0.6) is 17.2 Å². The van der Waals surface area contributed by atoms with E-state index in [2.05, 4.69) is 27.3 Å². The zero-order valence-electron chi connectivity index (χ0n) is 24.9. The average Bonchev–Trinajstić information content (AvgIpc) is 3.03. The van der Waals surface area contributed by atoms with E-state index in [-0.39, 0.29) is 17.8 Å². The van der Waals surface area contributed by atoms with Crippen LogP contribution in [0.15, 0.2) is 79.1 Å². The molecule has 5 rings (SSSR count). The first-order valence-corrected chi connectivity index (χ1v) is 14.8. The van der Waals surface area contributed by atoms with E-state index in [1.165, 1.54) is 12.1 Å². The molecule has 0 saturated carbocycles. The standard InChI is InChI=1S/C35H38FN3O4/c1-4-42-32-18-24(19-33(43-5-2)34(32)26-6-8-29(36)9-7-26)23-39-16-12-30(13-17-39)38-35(40)28-20-27(21-31(22-28)41-3)25-10-14-37-15-11-25/h6-11,14-15,18-22,30H,4-5,12-13,16-17,23H2,1-3H3,(H,38,40). The smallest absolute Gasteiger partial charge is 0.251 e. The quantitative estimate of drug-likeness (QED) is 0.211. The van der Waals surface area contributed by atoms with Crippen molar-refractivity contribution in [3.8, 4) is 39.5 Å². The van der Waals surface area contributed by atoms with Crippen molar-refractivity contribution in [3.05, 3.63) is 96.1 Å². The van der Waals surface area contributed by atoms with Gasteiger partial charge in [-0.05, 0) is 104 Å². The van der Waals surface area contributed by atoms with E-state index in [4.69, 9.17) is 14.2 Å².